The number of sulfonamides is 1. The maximum absolute atomic E-state index is 13.0. The molecule has 0 aromatic heterocycles. The second kappa shape index (κ2) is 9.24. The van der Waals surface area contributed by atoms with Gasteiger partial charge in [0.05, 0.1) is 12.1 Å². The van der Waals surface area contributed by atoms with Gasteiger partial charge in [-0.15, -0.1) is 0 Å². The first kappa shape index (κ1) is 22.6. The summed E-state index contributed by atoms with van der Waals surface area (Å²) < 4.78 is 32.1. The van der Waals surface area contributed by atoms with E-state index in [4.69, 9.17) is 16.3 Å². The van der Waals surface area contributed by atoms with Gasteiger partial charge in [0.2, 0.25) is 10.0 Å². The Bertz CT molecular complexity index is 837. The Labute approximate surface area is 171 Å². The minimum atomic E-state index is -3.79. The zero-order chi connectivity index (χ0) is 20.9. The molecule has 2 rings (SSSR count). The lowest BCUT2D eigenvalue weighted by Crippen LogP contribution is -2.52. The molecule has 1 N–H and O–H groups in total. The van der Waals surface area contributed by atoms with E-state index >= 15 is 0 Å². The molecule has 1 aromatic rings. The van der Waals surface area contributed by atoms with Crippen molar-refractivity contribution in [2.45, 2.75) is 56.4 Å². The van der Waals surface area contributed by atoms with Crippen molar-refractivity contribution in [3.8, 4) is 0 Å². The molecule has 0 aliphatic carbocycles. The van der Waals surface area contributed by atoms with Crippen LogP contribution in [0.15, 0.2) is 23.1 Å². The number of methoxy groups -OCH3 is 1. The quantitative estimate of drug-likeness (QED) is 0.671. The SMILES string of the molecule is CCCC(C)(NC(=O)c1ccc(Cl)c(S(=O)(=O)N2CCCCC2)c1)C(=O)OC. The average Bonchev–Trinajstić information content (AvgIpc) is 2.68. The molecule has 1 heterocycles. The number of rotatable bonds is 7. The molecule has 9 heteroatoms. The van der Waals surface area contributed by atoms with Crippen LogP contribution in [0.3, 0.4) is 0 Å². The summed E-state index contributed by atoms with van der Waals surface area (Å²) in [7, 11) is -2.54. The van der Waals surface area contributed by atoms with E-state index in [0.29, 0.717) is 25.9 Å². The molecule has 0 radical (unpaired) electrons. The maximum Gasteiger partial charge on any atom is 0.331 e. The fourth-order valence-corrected chi connectivity index (χ4v) is 5.37. The topological polar surface area (TPSA) is 92.8 Å². The summed E-state index contributed by atoms with van der Waals surface area (Å²) in [4.78, 5) is 24.8. The Kier molecular flexibility index (Phi) is 7.47. The van der Waals surface area contributed by atoms with Crippen LogP contribution < -0.4 is 5.32 Å². The van der Waals surface area contributed by atoms with Gasteiger partial charge in [-0.3, -0.25) is 4.79 Å². The van der Waals surface area contributed by atoms with Gasteiger partial charge in [-0.05, 0) is 44.4 Å². The van der Waals surface area contributed by atoms with Crippen LogP contribution in [0.5, 0.6) is 0 Å². The molecule has 1 unspecified atom stereocenters. The zero-order valence-electron chi connectivity index (χ0n) is 16.5. The van der Waals surface area contributed by atoms with Crippen LogP contribution >= 0.6 is 11.6 Å². The number of carbonyl (C=O) groups excluding carboxylic acids is 2. The van der Waals surface area contributed by atoms with Crippen LogP contribution in [-0.4, -0.2) is 50.3 Å². The summed E-state index contributed by atoms with van der Waals surface area (Å²) >= 11 is 6.15. The van der Waals surface area contributed by atoms with E-state index in [9.17, 15) is 18.0 Å². The smallest absolute Gasteiger partial charge is 0.331 e. The molecule has 1 aromatic carbocycles. The Morgan fingerprint density at radius 1 is 1.25 bits per heavy atom. The number of amides is 1. The van der Waals surface area contributed by atoms with Crippen LogP contribution in [0.2, 0.25) is 5.02 Å². The fourth-order valence-electron chi connectivity index (χ4n) is 3.35. The van der Waals surface area contributed by atoms with Crippen LogP contribution in [-0.2, 0) is 19.6 Å². The lowest BCUT2D eigenvalue weighted by atomic mass is 9.95. The third-order valence-electron chi connectivity index (χ3n) is 4.90. The fraction of sp³-hybridized carbons (Fsp3) is 0.579. The standard InChI is InChI=1S/C19H27ClN2O5S/c1-4-10-19(2,18(24)27-3)21-17(23)14-8-9-15(20)16(13-14)28(25,26)22-11-6-5-7-12-22/h8-9,13H,4-7,10-12H2,1-3H3,(H,21,23). The monoisotopic (exact) mass is 430 g/mol. The summed E-state index contributed by atoms with van der Waals surface area (Å²) in [5.41, 5.74) is -1.09. The summed E-state index contributed by atoms with van der Waals surface area (Å²) in [6.45, 7) is 4.35. The van der Waals surface area contributed by atoms with E-state index in [-0.39, 0.29) is 15.5 Å². The molecule has 1 aliphatic heterocycles. The Hall–Kier alpha value is -1.64. The summed E-state index contributed by atoms with van der Waals surface area (Å²) in [5.74, 6) is -1.12. The van der Waals surface area contributed by atoms with Crippen molar-refractivity contribution in [2.24, 2.45) is 0 Å². The van der Waals surface area contributed by atoms with Crippen molar-refractivity contribution < 1.29 is 22.7 Å². The molecule has 1 fully saturated rings. The Morgan fingerprint density at radius 2 is 1.89 bits per heavy atom. The molecular weight excluding hydrogens is 404 g/mol. The van der Waals surface area contributed by atoms with E-state index in [1.54, 1.807) is 6.92 Å². The van der Waals surface area contributed by atoms with Crippen molar-refractivity contribution in [1.82, 2.24) is 9.62 Å². The minimum absolute atomic E-state index is 0.0615. The molecule has 1 atom stereocenters. The third kappa shape index (κ3) is 4.85. The average molecular weight is 431 g/mol. The molecular formula is C19H27ClN2O5S. The third-order valence-corrected chi connectivity index (χ3v) is 7.28. The first-order valence-electron chi connectivity index (χ1n) is 9.36. The van der Waals surface area contributed by atoms with Gasteiger partial charge in [0.25, 0.3) is 5.91 Å². The lowest BCUT2D eigenvalue weighted by molar-refractivity contribution is -0.147. The molecule has 0 bridgehead atoms. The minimum Gasteiger partial charge on any atom is -0.467 e. The summed E-state index contributed by atoms with van der Waals surface area (Å²) in [6, 6.07) is 4.10. The van der Waals surface area contributed by atoms with E-state index in [2.05, 4.69) is 5.32 Å². The van der Waals surface area contributed by atoms with Crippen molar-refractivity contribution in [1.29, 1.82) is 0 Å². The number of ether oxygens (including phenoxy) is 1. The molecule has 28 heavy (non-hydrogen) atoms. The van der Waals surface area contributed by atoms with Crippen molar-refractivity contribution >= 4 is 33.5 Å². The highest BCUT2D eigenvalue weighted by molar-refractivity contribution is 7.89. The Morgan fingerprint density at radius 3 is 2.46 bits per heavy atom. The highest BCUT2D eigenvalue weighted by atomic mass is 35.5. The van der Waals surface area contributed by atoms with Gasteiger partial charge in [0.1, 0.15) is 10.4 Å². The highest BCUT2D eigenvalue weighted by Gasteiger charge is 2.36. The first-order chi connectivity index (χ1) is 13.2. The molecule has 1 amide bonds. The molecule has 1 saturated heterocycles. The highest BCUT2D eigenvalue weighted by Crippen LogP contribution is 2.28. The van der Waals surface area contributed by atoms with E-state index < -0.39 is 27.4 Å². The number of hydrogen-bond donors (Lipinski definition) is 1. The molecule has 0 saturated carbocycles. The van der Waals surface area contributed by atoms with Crippen LogP contribution in [0.4, 0.5) is 0 Å². The van der Waals surface area contributed by atoms with Crippen molar-refractivity contribution in [2.75, 3.05) is 20.2 Å². The predicted molar refractivity (Wildman–Crippen MR) is 107 cm³/mol. The van der Waals surface area contributed by atoms with Gasteiger partial charge in [-0.25, -0.2) is 13.2 Å². The second-order valence-electron chi connectivity index (χ2n) is 7.14. The molecule has 156 valence electrons. The number of piperidine rings is 1. The van der Waals surface area contributed by atoms with Gasteiger partial charge in [-0.2, -0.15) is 4.31 Å². The van der Waals surface area contributed by atoms with Crippen molar-refractivity contribution in [3.63, 3.8) is 0 Å². The summed E-state index contributed by atoms with van der Waals surface area (Å²) in [6.07, 6.45) is 3.63. The number of hydrogen-bond acceptors (Lipinski definition) is 5. The van der Waals surface area contributed by atoms with Gasteiger partial charge < -0.3 is 10.1 Å². The zero-order valence-corrected chi connectivity index (χ0v) is 18.0. The van der Waals surface area contributed by atoms with Gasteiger partial charge >= 0.3 is 5.97 Å². The van der Waals surface area contributed by atoms with Crippen LogP contribution in [0.25, 0.3) is 0 Å². The number of carbonyl (C=O) groups is 2. The molecule has 7 nitrogen and oxygen atoms in total. The lowest BCUT2D eigenvalue weighted by Gasteiger charge is -2.28. The first-order valence-corrected chi connectivity index (χ1v) is 11.2. The van der Waals surface area contributed by atoms with Crippen LogP contribution in [0, 0.1) is 0 Å². The van der Waals surface area contributed by atoms with Gasteiger partial charge in [0.15, 0.2) is 0 Å². The number of halogens is 1. The van der Waals surface area contributed by atoms with E-state index in [1.165, 1.54) is 29.6 Å². The largest absolute Gasteiger partial charge is 0.467 e. The molecule has 0 spiro atoms. The van der Waals surface area contributed by atoms with E-state index in [0.717, 1.165) is 19.3 Å². The van der Waals surface area contributed by atoms with Gasteiger partial charge in [-0.1, -0.05) is 31.4 Å². The maximum atomic E-state index is 13.0. The summed E-state index contributed by atoms with van der Waals surface area (Å²) in [5, 5.41) is 2.74. The van der Waals surface area contributed by atoms with Crippen molar-refractivity contribution in [3.05, 3.63) is 28.8 Å². The molecule has 1 aliphatic rings. The van der Waals surface area contributed by atoms with E-state index in [1.807, 2.05) is 6.92 Å². The van der Waals surface area contributed by atoms with Gasteiger partial charge in [0, 0.05) is 18.7 Å². The number of esters is 1. The normalized spacial score (nSPS) is 17.6. The number of benzene rings is 1. The second-order valence-corrected chi connectivity index (χ2v) is 9.45. The number of nitrogens with zero attached hydrogens (tertiary/aromatic N) is 1. The number of nitrogens with one attached hydrogen (secondary N) is 1. The van der Waals surface area contributed by atoms with Crippen LogP contribution in [0.1, 0.15) is 56.3 Å². The predicted octanol–water partition coefficient (Wildman–Crippen LogP) is 2.98. The Balaban J connectivity index is 2.33.